The summed E-state index contributed by atoms with van der Waals surface area (Å²) in [5.74, 6) is 0.0135. The molecule has 0 aliphatic rings. The van der Waals surface area contributed by atoms with Gasteiger partial charge in [0.2, 0.25) is 5.91 Å². The van der Waals surface area contributed by atoms with Crippen molar-refractivity contribution in [3.05, 3.63) is 34.2 Å². The van der Waals surface area contributed by atoms with Crippen LogP contribution < -0.4 is 11.0 Å². The molecule has 0 aliphatic carbocycles. The summed E-state index contributed by atoms with van der Waals surface area (Å²) >= 11 is 0. The fourth-order valence-corrected chi connectivity index (χ4v) is 2.11. The molecular weight excluding hydrogens is 254 g/mol. The number of nitrogens with zero attached hydrogens (tertiary/aromatic N) is 2. The van der Waals surface area contributed by atoms with E-state index in [-0.39, 0.29) is 11.6 Å². The highest BCUT2D eigenvalue weighted by atomic mass is 16.2. The number of hydrogen-bond donors (Lipinski definition) is 1. The fraction of sp³-hybridized carbons (Fsp3) is 0.467. The third-order valence-electron chi connectivity index (χ3n) is 3.47. The number of aryl methyl sites for hydroxylation is 2. The largest absolute Gasteiger partial charge is 0.352 e. The van der Waals surface area contributed by atoms with Gasteiger partial charge >= 0.3 is 5.69 Å². The minimum absolute atomic E-state index is 0.0135. The molecule has 2 aromatic rings. The molecule has 0 atom stereocenters. The number of rotatable bonds is 2. The van der Waals surface area contributed by atoms with Crippen LogP contribution in [0.1, 0.15) is 26.3 Å². The van der Waals surface area contributed by atoms with E-state index in [1.165, 1.54) is 0 Å². The van der Waals surface area contributed by atoms with Crippen molar-refractivity contribution in [2.45, 2.75) is 27.3 Å². The quantitative estimate of drug-likeness (QED) is 0.904. The van der Waals surface area contributed by atoms with Crippen LogP contribution in [0.15, 0.2) is 23.0 Å². The predicted octanol–water partition coefficient (Wildman–Crippen LogP) is 1.54. The molecule has 2 rings (SSSR count). The molecule has 0 aliphatic heterocycles. The van der Waals surface area contributed by atoms with Crippen LogP contribution in [0, 0.1) is 5.41 Å². The van der Waals surface area contributed by atoms with Crippen molar-refractivity contribution in [3.63, 3.8) is 0 Å². The zero-order valence-electron chi connectivity index (χ0n) is 12.7. The van der Waals surface area contributed by atoms with Crippen molar-refractivity contribution < 1.29 is 4.79 Å². The number of benzene rings is 1. The normalized spacial score (nSPS) is 11.8. The topological polar surface area (TPSA) is 56.0 Å². The number of amides is 1. The van der Waals surface area contributed by atoms with Gasteiger partial charge in [-0.1, -0.05) is 26.8 Å². The first-order chi connectivity index (χ1) is 9.21. The Hall–Kier alpha value is -2.04. The zero-order valence-corrected chi connectivity index (χ0v) is 12.7. The van der Waals surface area contributed by atoms with Crippen molar-refractivity contribution >= 4 is 16.9 Å². The SMILES string of the molecule is Cn1c(=O)n(C)c2cc(CNC(=O)C(C)(C)C)ccc21. The van der Waals surface area contributed by atoms with Gasteiger partial charge in [0.1, 0.15) is 0 Å². The lowest BCUT2D eigenvalue weighted by Crippen LogP contribution is -2.34. The van der Waals surface area contributed by atoms with Gasteiger partial charge in [-0.15, -0.1) is 0 Å². The highest BCUT2D eigenvalue weighted by Gasteiger charge is 2.20. The molecular formula is C15H21N3O2. The monoisotopic (exact) mass is 275 g/mol. The molecule has 0 fully saturated rings. The summed E-state index contributed by atoms with van der Waals surface area (Å²) in [6.07, 6.45) is 0. The Kier molecular flexibility index (Phi) is 3.46. The van der Waals surface area contributed by atoms with Crippen molar-refractivity contribution in [3.8, 4) is 0 Å². The highest BCUT2D eigenvalue weighted by molar-refractivity contribution is 5.81. The summed E-state index contributed by atoms with van der Waals surface area (Å²) in [5.41, 5.74) is 2.31. The second kappa shape index (κ2) is 4.81. The van der Waals surface area contributed by atoms with Gasteiger partial charge in [0.15, 0.2) is 0 Å². The number of fused-ring (bicyclic) bond motifs is 1. The third-order valence-corrected chi connectivity index (χ3v) is 3.47. The Morgan fingerprint density at radius 2 is 1.75 bits per heavy atom. The van der Waals surface area contributed by atoms with Gasteiger partial charge in [-0.05, 0) is 17.7 Å². The van der Waals surface area contributed by atoms with Crippen LogP contribution in [0.5, 0.6) is 0 Å². The van der Waals surface area contributed by atoms with E-state index in [0.29, 0.717) is 6.54 Å². The van der Waals surface area contributed by atoms with E-state index >= 15 is 0 Å². The molecule has 0 radical (unpaired) electrons. The van der Waals surface area contributed by atoms with Crippen LogP contribution in [0.3, 0.4) is 0 Å². The molecule has 0 bridgehead atoms. The van der Waals surface area contributed by atoms with Gasteiger partial charge in [-0.3, -0.25) is 13.9 Å². The van der Waals surface area contributed by atoms with Gasteiger partial charge in [0.25, 0.3) is 0 Å². The standard InChI is InChI=1S/C15H21N3O2/c1-15(2,3)13(19)16-9-10-6-7-11-12(8-10)18(5)14(20)17(11)4/h6-8H,9H2,1-5H3,(H,16,19). The average Bonchev–Trinajstić information content (AvgIpc) is 2.60. The molecule has 108 valence electrons. The van der Waals surface area contributed by atoms with Crippen LogP contribution in [0.25, 0.3) is 11.0 Å². The first-order valence-corrected chi connectivity index (χ1v) is 6.64. The van der Waals surface area contributed by atoms with E-state index in [4.69, 9.17) is 0 Å². The van der Waals surface area contributed by atoms with Crippen LogP contribution in [0.2, 0.25) is 0 Å². The molecule has 20 heavy (non-hydrogen) atoms. The first kappa shape index (κ1) is 14.4. The van der Waals surface area contributed by atoms with E-state index in [9.17, 15) is 9.59 Å². The minimum Gasteiger partial charge on any atom is -0.352 e. The van der Waals surface area contributed by atoms with Crippen molar-refractivity contribution in [1.82, 2.24) is 14.5 Å². The van der Waals surface area contributed by atoms with Crippen LogP contribution in [-0.4, -0.2) is 15.0 Å². The van der Waals surface area contributed by atoms with Crippen molar-refractivity contribution in [2.75, 3.05) is 0 Å². The molecule has 5 nitrogen and oxygen atoms in total. The summed E-state index contributed by atoms with van der Waals surface area (Å²) in [7, 11) is 3.51. The Morgan fingerprint density at radius 3 is 2.35 bits per heavy atom. The van der Waals surface area contributed by atoms with E-state index in [1.54, 1.807) is 23.2 Å². The average molecular weight is 275 g/mol. The number of hydrogen-bond acceptors (Lipinski definition) is 2. The Morgan fingerprint density at radius 1 is 1.15 bits per heavy atom. The summed E-state index contributed by atoms with van der Waals surface area (Å²) in [4.78, 5) is 23.7. The lowest BCUT2D eigenvalue weighted by Gasteiger charge is -2.17. The van der Waals surface area contributed by atoms with Gasteiger partial charge < -0.3 is 5.32 Å². The number of imidazole rings is 1. The maximum Gasteiger partial charge on any atom is 0.328 e. The van der Waals surface area contributed by atoms with Crippen LogP contribution in [-0.2, 0) is 25.4 Å². The summed E-state index contributed by atoms with van der Waals surface area (Å²) in [5, 5.41) is 2.91. The first-order valence-electron chi connectivity index (χ1n) is 6.64. The molecule has 1 aromatic heterocycles. The summed E-state index contributed by atoms with van der Waals surface area (Å²) in [6, 6.07) is 5.79. The third kappa shape index (κ3) is 2.48. The molecule has 1 aromatic carbocycles. The van der Waals surface area contributed by atoms with Gasteiger partial charge in [0.05, 0.1) is 11.0 Å². The molecule has 0 saturated carbocycles. The van der Waals surface area contributed by atoms with E-state index in [0.717, 1.165) is 16.6 Å². The van der Waals surface area contributed by atoms with Crippen molar-refractivity contribution in [1.29, 1.82) is 0 Å². The predicted molar refractivity (Wildman–Crippen MR) is 79.5 cm³/mol. The number of carbonyl (C=O) groups excluding carboxylic acids is 1. The smallest absolute Gasteiger partial charge is 0.328 e. The highest BCUT2D eigenvalue weighted by Crippen LogP contribution is 2.16. The van der Waals surface area contributed by atoms with Gasteiger partial charge in [-0.2, -0.15) is 0 Å². The second-order valence-electron chi connectivity index (χ2n) is 6.16. The molecule has 0 saturated heterocycles. The minimum atomic E-state index is -0.399. The van der Waals surface area contributed by atoms with E-state index in [2.05, 4.69) is 5.32 Å². The van der Waals surface area contributed by atoms with Crippen LogP contribution >= 0.6 is 0 Å². The summed E-state index contributed by atoms with van der Waals surface area (Å²) < 4.78 is 3.23. The Balaban J connectivity index is 2.27. The van der Waals surface area contributed by atoms with E-state index in [1.807, 2.05) is 39.0 Å². The molecule has 1 N–H and O–H groups in total. The van der Waals surface area contributed by atoms with E-state index < -0.39 is 5.41 Å². The Labute approximate surface area is 118 Å². The van der Waals surface area contributed by atoms with Gasteiger partial charge in [0, 0.05) is 26.1 Å². The van der Waals surface area contributed by atoms with Gasteiger partial charge in [-0.25, -0.2) is 4.79 Å². The maximum absolute atomic E-state index is 11.9. The Bertz CT molecular complexity index is 717. The molecule has 5 heteroatoms. The number of nitrogens with one attached hydrogen (secondary N) is 1. The molecule has 0 unspecified atom stereocenters. The lowest BCUT2D eigenvalue weighted by atomic mass is 9.95. The number of carbonyl (C=O) groups is 1. The zero-order chi connectivity index (χ0) is 15.1. The maximum atomic E-state index is 11.9. The second-order valence-corrected chi connectivity index (χ2v) is 6.16. The number of aromatic nitrogens is 2. The fourth-order valence-electron chi connectivity index (χ4n) is 2.11. The molecule has 1 heterocycles. The summed E-state index contributed by atoms with van der Waals surface area (Å²) in [6.45, 7) is 6.11. The molecule has 0 spiro atoms. The molecule has 1 amide bonds. The van der Waals surface area contributed by atoms with Crippen molar-refractivity contribution in [2.24, 2.45) is 19.5 Å². The van der Waals surface area contributed by atoms with Crippen LogP contribution in [0.4, 0.5) is 0 Å². The lowest BCUT2D eigenvalue weighted by molar-refractivity contribution is -0.128.